The molecule has 0 unspecified atom stereocenters. The van der Waals surface area contributed by atoms with Gasteiger partial charge in [-0.15, -0.1) is 6.58 Å². The van der Waals surface area contributed by atoms with Crippen molar-refractivity contribution in [3.8, 4) is 34.3 Å². The van der Waals surface area contributed by atoms with E-state index < -0.39 is 0 Å². The number of methoxy groups -OCH3 is 4. The summed E-state index contributed by atoms with van der Waals surface area (Å²) in [5, 5.41) is 2.17. The lowest BCUT2D eigenvalue weighted by Crippen LogP contribution is -2.41. The molecule has 5 heteroatoms. The van der Waals surface area contributed by atoms with Crippen LogP contribution in [0.2, 0.25) is 0 Å². The standard InChI is InChI=1S/C24H26NO4/c1-6-7-17-16-8-9-20(26-2)24(29-5)19(16)14-25-11-10-15-12-21(27-3)22(28-4)13-18(15)23(17)25/h6,8-9,12-14H,1,7,10-11H2,2-5H3/q+1. The van der Waals surface area contributed by atoms with E-state index in [0.29, 0.717) is 0 Å². The Morgan fingerprint density at radius 2 is 1.66 bits per heavy atom. The highest BCUT2D eigenvalue weighted by atomic mass is 16.5. The maximum atomic E-state index is 5.71. The van der Waals surface area contributed by atoms with E-state index in [9.17, 15) is 0 Å². The smallest absolute Gasteiger partial charge is 0.217 e. The molecule has 29 heavy (non-hydrogen) atoms. The molecule has 0 fully saturated rings. The van der Waals surface area contributed by atoms with Gasteiger partial charge in [0.1, 0.15) is 0 Å². The Kier molecular flexibility index (Phi) is 5.05. The molecule has 0 bridgehead atoms. The number of benzene rings is 2. The van der Waals surface area contributed by atoms with Crippen LogP contribution in [0.15, 0.2) is 43.1 Å². The number of allylic oxidation sites excluding steroid dienone is 1. The molecule has 0 saturated heterocycles. The number of rotatable bonds is 6. The van der Waals surface area contributed by atoms with Gasteiger partial charge in [-0.1, -0.05) is 6.08 Å². The fourth-order valence-corrected chi connectivity index (χ4v) is 4.30. The SMILES string of the molecule is C=CCc1c2[n+](cc3c(OC)c(OC)ccc13)CCc1cc(OC)c(OC)cc1-2. The van der Waals surface area contributed by atoms with Gasteiger partial charge in [-0.25, -0.2) is 0 Å². The number of fused-ring (bicyclic) bond motifs is 4. The average Bonchev–Trinajstić information content (AvgIpc) is 2.76. The number of aryl methyl sites for hydroxylation is 2. The second-order valence-corrected chi connectivity index (χ2v) is 7.02. The zero-order valence-corrected chi connectivity index (χ0v) is 17.4. The first kappa shape index (κ1) is 19.1. The summed E-state index contributed by atoms with van der Waals surface area (Å²) in [5.74, 6) is 2.98. The Balaban J connectivity index is 2.08. The van der Waals surface area contributed by atoms with E-state index >= 15 is 0 Å². The van der Waals surface area contributed by atoms with Crippen molar-refractivity contribution in [2.45, 2.75) is 19.4 Å². The van der Waals surface area contributed by atoms with Crippen LogP contribution in [0.25, 0.3) is 22.0 Å². The van der Waals surface area contributed by atoms with E-state index in [-0.39, 0.29) is 0 Å². The van der Waals surface area contributed by atoms with E-state index in [1.807, 2.05) is 12.1 Å². The number of pyridine rings is 1. The Morgan fingerprint density at radius 3 is 2.31 bits per heavy atom. The molecule has 3 aromatic rings. The highest BCUT2D eigenvalue weighted by molar-refractivity contribution is 5.95. The van der Waals surface area contributed by atoms with Crippen LogP contribution in [-0.2, 0) is 19.4 Å². The van der Waals surface area contributed by atoms with Crippen LogP contribution in [0.5, 0.6) is 23.0 Å². The van der Waals surface area contributed by atoms with Crippen LogP contribution in [-0.4, -0.2) is 28.4 Å². The molecule has 0 N–H and O–H groups in total. The van der Waals surface area contributed by atoms with Crippen LogP contribution < -0.4 is 23.5 Å². The summed E-state index contributed by atoms with van der Waals surface area (Å²) in [6, 6.07) is 8.24. The summed E-state index contributed by atoms with van der Waals surface area (Å²) in [4.78, 5) is 0. The van der Waals surface area contributed by atoms with Gasteiger partial charge < -0.3 is 18.9 Å². The molecule has 1 aliphatic heterocycles. The molecule has 0 atom stereocenters. The predicted octanol–water partition coefficient (Wildman–Crippen LogP) is 4.11. The molecule has 0 spiro atoms. The van der Waals surface area contributed by atoms with E-state index in [0.717, 1.165) is 53.2 Å². The van der Waals surface area contributed by atoms with Crippen LogP contribution >= 0.6 is 0 Å². The molecule has 5 nitrogen and oxygen atoms in total. The van der Waals surface area contributed by atoms with Crippen molar-refractivity contribution in [2.24, 2.45) is 0 Å². The second kappa shape index (κ2) is 7.66. The molecule has 2 heterocycles. The first-order chi connectivity index (χ1) is 14.2. The molecule has 0 amide bonds. The minimum Gasteiger partial charge on any atom is -0.493 e. The van der Waals surface area contributed by atoms with Gasteiger partial charge in [-0.3, -0.25) is 0 Å². The van der Waals surface area contributed by atoms with Gasteiger partial charge in [0.15, 0.2) is 35.7 Å². The lowest BCUT2D eigenvalue weighted by atomic mass is 9.90. The number of hydrogen-bond donors (Lipinski definition) is 0. The Morgan fingerprint density at radius 1 is 0.931 bits per heavy atom. The van der Waals surface area contributed by atoms with Crippen LogP contribution in [0.1, 0.15) is 11.1 Å². The van der Waals surface area contributed by atoms with E-state index in [1.165, 1.54) is 22.4 Å². The predicted molar refractivity (Wildman–Crippen MR) is 113 cm³/mol. The molecule has 1 aromatic heterocycles. The van der Waals surface area contributed by atoms with E-state index in [2.05, 4.69) is 35.5 Å². The van der Waals surface area contributed by atoms with Crippen molar-refractivity contribution in [2.75, 3.05) is 28.4 Å². The zero-order chi connectivity index (χ0) is 20.5. The Hall–Kier alpha value is -3.21. The minimum absolute atomic E-state index is 0.729. The van der Waals surface area contributed by atoms with Gasteiger partial charge in [0, 0.05) is 17.4 Å². The third-order valence-electron chi connectivity index (χ3n) is 5.60. The van der Waals surface area contributed by atoms with Crippen molar-refractivity contribution in [3.63, 3.8) is 0 Å². The lowest BCUT2D eigenvalue weighted by molar-refractivity contribution is -0.686. The fourth-order valence-electron chi connectivity index (χ4n) is 4.30. The van der Waals surface area contributed by atoms with E-state index in [4.69, 9.17) is 18.9 Å². The highest BCUT2D eigenvalue weighted by Gasteiger charge is 2.30. The summed E-state index contributed by atoms with van der Waals surface area (Å²) in [6.07, 6.45) is 5.77. The monoisotopic (exact) mass is 392 g/mol. The molecule has 150 valence electrons. The van der Waals surface area contributed by atoms with Gasteiger partial charge >= 0.3 is 0 Å². The number of hydrogen-bond acceptors (Lipinski definition) is 4. The molecular formula is C24H26NO4+. The molecule has 0 aliphatic carbocycles. The molecular weight excluding hydrogens is 366 g/mol. The normalized spacial score (nSPS) is 12.1. The first-order valence-electron chi connectivity index (χ1n) is 9.63. The summed E-state index contributed by atoms with van der Waals surface area (Å²) in [6.45, 7) is 4.87. The maximum absolute atomic E-state index is 5.71. The van der Waals surface area contributed by atoms with Crippen molar-refractivity contribution in [1.82, 2.24) is 0 Å². The second-order valence-electron chi connectivity index (χ2n) is 7.02. The molecule has 0 saturated carbocycles. The fraction of sp³-hybridized carbons (Fsp3) is 0.292. The van der Waals surface area contributed by atoms with E-state index in [1.54, 1.807) is 28.4 Å². The summed E-state index contributed by atoms with van der Waals surface area (Å²) < 4.78 is 24.6. The largest absolute Gasteiger partial charge is 0.493 e. The van der Waals surface area contributed by atoms with Crippen LogP contribution in [0.3, 0.4) is 0 Å². The third-order valence-corrected chi connectivity index (χ3v) is 5.60. The number of ether oxygens (including phenoxy) is 4. The van der Waals surface area contributed by atoms with Gasteiger partial charge in [-0.05, 0) is 36.2 Å². The number of aromatic nitrogens is 1. The van der Waals surface area contributed by atoms with Crippen molar-refractivity contribution in [1.29, 1.82) is 0 Å². The Bertz CT molecular complexity index is 1100. The topological polar surface area (TPSA) is 40.8 Å². The highest BCUT2D eigenvalue weighted by Crippen LogP contribution is 2.42. The quantitative estimate of drug-likeness (QED) is 0.468. The molecule has 0 radical (unpaired) electrons. The van der Waals surface area contributed by atoms with Gasteiger partial charge in [0.05, 0.1) is 39.4 Å². The summed E-state index contributed by atoms with van der Waals surface area (Å²) >= 11 is 0. The maximum Gasteiger partial charge on any atom is 0.217 e. The van der Waals surface area contributed by atoms with Gasteiger partial charge in [-0.2, -0.15) is 4.57 Å². The van der Waals surface area contributed by atoms with Crippen LogP contribution in [0.4, 0.5) is 0 Å². The molecule has 1 aliphatic rings. The minimum atomic E-state index is 0.729. The van der Waals surface area contributed by atoms with Gasteiger partial charge in [0.25, 0.3) is 0 Å². The number of nitrogens with zero attached hydrogens (tertiary/aromatic N) is 1. The van der Waals surface area contributed by atoms with Crippen molar-refractivity contribution < 1.29 is 23.5 Å². The van der Waals surface area contributed by atoms with Crippen molar-refractivity contribution in [3.05, 3.63) is 54.2 Å². The lowest BCUT2D eigenvalue weighted by Gasteiger charge is -2.21. The summed E-state index contributed by atoms with van der Waals surface area (Å²) in [5.41, 5.74) is 4.83. The average molecular weight is 392 g/mol. The Labute approximate surface area is 171 Å². The zero-order valence-electron chi connectivity index (χ0n) is 17.4. The first-order valence-corrected chi connectivity index (χ1v) is 9.63. The molecule has 2 aromatic carbocycles. The van der Waals surface area contributed by atoms with Gasteiger partial charge in [0.2, 0.25) is 5.69 Å². The van der Waals surface area contributed by atoms with Crippen LogP contribution in [0, 0.1) is 0 Å². The molecule has 4 rings (SSSR count). The summed E-state index contributed by atoms with van der Waals surface area (Å²) in [7, 11) is 6.69. The van der Waals surface area contributed by atoms with Crippen molar-refractivity contribution >= 4 is 10.8 Å². The third kappa shape index (κ3) is 2.97.